The summed E-state index contributed by atoms with van der Waals surface area (Å²) in [5, 5.41) is 0. The van der Waals surface area contributed by atoms with E-state index in [0.717, 1.165) is 6.42 Å². The smallest absolute Gasteiger partial charge is 0.365 e. The average molecular weight is 186 g/mol. The van der Waals surface area contributed by atoms with Gasteiger partial charge in [-0.1, -0.05) is 19.1 Å². The van der Waals surface area contributed by atoms with Gasteiger partial charge in [0.2, 0.25) is 0 Å². The van der Waals surface area contributed by atoms with Crippen LogP contribution in [0.5, 0.6) is 5.75 Å². The molecule has 0 aliphatic carbocycles. The summed E-state index contributed by atoms with van der Waals surface area (Å²) < 4.78 is 14.9. The van der Waals surface area contributed by atoms with Gasteiger partial charge in [0.15, 0.2) is 0 Å². The molecule has 0 radical (unpaired) electrons. The van der Waals surface area contributed by atoms with Crippen LogP contribution in [0.2, 0.25) is 0 Å². The van der Waals surface area contributed by atoms with Crippen molar-refractivity contribution >= 4 is 8.25 Å². The third kappa shape index (κ3) is 2.68. The molecule has 1 aromatic carbocycles. The van der Waals surface area contributed by atoms with E-state index in [4.69, 9.17) is 4.89 Å². The zero-order valence-corrected chi connectivity index (χ0v) is 7.78. The van der Waals surface area contributed by atoms with E-state index in [1.165, 1.54) is 5.56 Å². The fraction of sp³-hybridized carbons (Fsp3) is 0.250. The van der Waals surface area contributed by atoms with Crippen LogP contribution < -0.4 is 4.52 Å². The molecule has 0 heterocycles. The molecule has 0 spiro atoms. The van der Waals surface area contributed by atoms with Crippen LogP contribution in [-0.4, -0.2) is 4.89 Å². The van der Waals surface area contributed by atoms with Crippen molar-refractivity contribution in [2.24, 2.45) is 0 Å². The van der Waals surface area contributed by atoms with Gasteiger partial charge in [-0.25, -0.2) is 4.57 Å². The molecule has 0 bridgehead atoms. The first kappa shape index (κ1) is 9.30. The maximum Gasteiger partial charge on any atom is 0.365 e. The summed E-state index contributed by atoms with van der Waals surface area (Å²) in [5.74, 6) is 0.443. The Bertz CT molecular complexity index is 268. The third-order valence-electron chi connectivity index (χ3n) is 1.54. The van der Waals surface area contributed by atoms with Crippen LogP contribution in [0.4, 0.5) is 0 Å². The highest BCUT2D eigenvalue weighted by Gasteiger charge is 1.95. The van der Waals surface area contributed by atoms with Gasteiger partial charge in [-0.05, 0) is 24.1 Å². The number of benzene rings is 1. The van der Waals surface area contributed by atoms with E-state index in [-0.39, 0.29) is 0 Å². The van der Waals surface area contributed by atoms with Crippen LogP contribution >= 0.6 is 8.25 Å². The molecule has 0 aliphatic heterocycles. The minimum absolute atomic E-state index is 0.443. The topological polar surface area (TPSA) is 46.5 Å². The first-order chi connectivity index (χ1) is 5.72. The lowest BCUT2D eigenvalue weighted by atomic mass is 10.2. The van der Waals surface area contributed by atoms with Crippen molar-refractivity contribution in [1.29, 1.82) is 0 Å². The molecule has 1 unspecified atom stereocenters. The molecule has 1 N–H and O–H groups in total. The van der Waals surface area contributed by atoms with Crippen molar-refractivity contribution in [1.82, 2.24) is 0 Å². The van der Waals surface area contributed by atoms with Gasteiger partial charge in [-0.2, -0.15) is 0 Å². The predicted molar refractivity (Wildman–Crippen MR) is 47.7 cm³/mol. The van der Waals surface area contributed by atoms with Gasteiger partial charge < -0.3 is 9.42 Å². The summed E-state index contributed by atoms with van der Waals surface area (Å²) >= 11 is 0. The lowest BCUT2D eigenvalue weighted by molar-refractivity contribution is 0.410. The van der Waals surface area contributed by atoms with Gasteiger partial charge in [0.05, 0.1) is 0 Å². The quantitative estimate of drug-likeness (QED) is 0.734. The zero-order valence-electron chi connectivity index (χ0n) is 6.78. The molecule has 12 heavy (non-hydrogen) atoms. The Labute approximate surface area is 71.9 Å². The molecular weight excluding hydrogens is 175 g/mol. The predicted octanol–water partition coefficient (Wildman–Crippen LogP) is 2.01. The summed E-state index contributed by atoms with van der Waals surface area (Å²) in [4.78, 5) is 8.46. The summed E-state index contributed by atoms with van der Waals surface area (Å²) in [6, 6.07) is 7.13. The average Bonchev–Trinajstić information content (AvgIpc) is 2.05. The maximum absolute atomic E-state index is 10.3. The number of hydrogen-bond donors (Lipinski definition) is 1. The van der Waals surface area contributed by atoms with Crippen molar-refractivity contribution in [3.05, 3.63) is 29.8 Å². The fourth-order valence-electron chi connectivity index (χ4n) is 0.894. The molecule has 4 heteroatoms. The van der Waals surface area contributed by atoms with E-state index < -0.39 is 8.25 Å². The van der Waals surface area contributed by atoms with E-state index in [1.54, 1.807) is 12.1 Å². The van der Waals surface area contributed by atoms with Crippen molar-refractivity contribution < 1.29 is 14.0 Å². The Kier molecular flexibility index (Phi) is 3.32. The van der Waals surface area contributed by atoms with Crippen LogP contribution in [0.3, 0.4) is 0 Å². The van der Waals surface area contributed by atoms with Crippen LogP contribution in [0.1, 0.15) is 12.5 Å². The minimum atomic E-state index is -2.86. The van der Waals surface area contributed by atoms with E-state index in [9.17, 15) is 4.57 Å². The van der Waals surface area contributed by atoms with Crippen LogP contribution in [0.15, 0.2) is 24.3 Å². The van der Waals surface area contributed by atoms with E-state index in [0.29, 0.717) is 5.75 Å². The SMILES string of the molecule is CCc1ccc(O[PH](=O)O)cc1. The first-order valence-corrected chi connectivity index (χ1v) is 4.98. The van der Waals surface area contributed by atoms with Crippen LogP contribution in [0.25, 0.3) is 0 Å². The van der Waals surface area contributed by atoms with Gasteiger partial charge in [-0.3, -0.25) is 0 Å². The summed E-state index contributed by atoms with van der Waals surface area (Å²) in [6.45, 7) is 2.05. The molecule has 1 rings (SSSR count). The molecule has 0 saturated heterocycles. The molecule has 1 aromatic rings. The molecule has 0 fully saturated rings. The van der Waals surface area contributed by atoms with Crippen molar-refractivity contribution in [2.45, 2.75) is 13.3 Å². The minimum Gasteiger partial charge on any atom is -0.426 e. The maximum atomic E-state index is 10.3. The van der Waals surface area contributed by atoms with E-state index in [2.05, 4.69) is 4.52 Å². The molecule has 3 nitrogen and oxygen atoms in total. The summed E-state index contributed by atoms with van der Waals surface area (Å²) in [7, 11) is -2.86. The largest absolute Gasteiger partial charge is 0.426 e. The highest BCUT2D eigenvalue weighted by Crippen LogP contribution is 2.22. The van der Waals surface area contributed by atoms with E-state index >= 15 is 0 Å². The second-order valence-electron chi connectivity index (χ2n) is 2.37. The second kappa shape index (κ2) is 4.29. The van der Waals surface area contributed by atoms with Gasteiger partial charge in [-0.15, -0.1) is 0 Å². The molecule has 0 amide bonds. The van der Waals surface area contributed by atoms with Crippen LogP contribution in [-0.2, 0) is 11.0 Å². The summed E-state index contributed by atoms with van der Waals surface area (Å²) in [5.41, 5.74) is 1.18. The molecule has 66 valence electrons. The highest BCUT2D eigenvalue weighted by molar-refractivity contribution is 7.32. The van der Waals surface area contributed by atoms with Crippen molar-refractivity contribution in [3.8, 4) is 5.75 Å². The van der Waals surface area contributed by atoms with Crippen LogP contribution in [0, 0.1) is 0 Å². The van der Waals surface area contributed by atoms with Crippen molar-refractivity contribution in [2.75, 3.05) is 0 Å². The third-order valence-corrected chi connectivity index (χ3v) is 1.95. The number of rotatable bonds is 3. The Morgan fingerprint density at radius 3 is 2.42 bits per heavy atom. The van der Waals surface area contributed by atoms with Gasteiger partial charge >= 0.3 is 8.25 Å². The zero-order chi connectivity index (χ0) is 8.97. The molecule has 0 saturated carbocycles. The van der Waals surface area contributed by atoms with Crippen molar-refractivity contribution in [3.63, 3.8) is 0 Å². The number of hydrogen-bond acceptors (Lipinski definition) is 2. The molecular formula is C8H11O3P. The molecule has 1 atom stereocenters. The van der Waals surface area contributed by atoms with Gasteiger partial charge in [0, 0.05) is 0 Å². The van der Waals surface area contributed by atoms with Gasteiger partial charge in [0.25, 0.3) is 0 Å². The second-order valence-corrected chi connectivity index (χ2v) is 3.10. The summed E-state index contributed by atoms with van der Waals surface area (Å²) in [6.07, 6.45) is 0.953. The van der Waals surface area contributed by atoms with E-state index in [1.807, 2.05) is 19.1 Å². The number of aryl methyl sites for hydroxylation is 1. The van der Waals surface area contributed by atoms with Gasteiger partial charge in [0.1, 0.15) is 5.75 Å². The Hall–Kier alpha value is -0.790. The normalized spacial score (nSPS) is 12.5. The highest BCUT2D eigenvalue weighted by atomic mass is 31.1. The lowest BCUT2D eigenvalue weighted by Gasteiger charge is -2.01. The first-order valence-electron chi connectivity index (χ1n) is 3.72. The Morgan fingerprint density at radius 2 is 2.00 bits per heavy atom. The lowest BCUT2D eigenvalue weighted by Crippen LogP contribution is -1.82. The molecule has 0 aromatic heterocycles. The molecule has 0 aliphatic rings. The Balaban J connectivity index is 2.71. The standard InChI is InChI=1S/C8H11O3P/c1-2-7-3-5-8(6-4-7)11-12(9)10/h3-6,12H,2H2,1H3,(H,9,10). The Morgan fingerprint density at radius 1 is 1.42 bits per heavy atom. The monoisotopic (exact) mass is 186 g/mol. The fourth-order valence-corrected chi connectivity index (χ4v) is 1.23.